The maximum absolute atomic E-state index is 12.5. The lowest BCUT2D eigenvalue weighted by Gasteiger charge is -2.29. The molecule has 0 aromatic heterocycles. The second-order valence-electron chi connectivity index (χ2n) is 4.06. The average Bonchev–Trinajstić information content (AvgIpc) is 2.36. The molecule has 3 N–H and O–H groups in total. The lowest BCUT2D eigenvalue weighted by molar-refractivity contribution is -0.137. The minimum atomic E-state index is -4.33. The Morgan fingerprint density at radius 2 is 2.00 bits per heavy atom. The maximum atomic E-state index is 12.5. The SMILES string of the molecule is CN1c2ccc(C(F)(F)F)cc2NC1(C)N. The van der Waals surface area contributed by atoms with Crippen LogP contribution in [0.3, 0.4) is 0 Å². The Kier molecular flexibility index (Phi) is 2.10. The van der Waals surface area contributed by atoms with E-state index in [-0.39, 0.29) is 0 Å². The summed E-state index contributed by atoms with van der Waals surface area (Å²) in [5, 5.41) is 2.84. The summed E-state index contributed by atoms with van der Waals surface area (Å²) in [7, 11) is 1.73. The number of benzene rings is 1. The summed E-state index contributed by atoms with van der Waals surface area (Å²) in [6, 6.07) is 3.55. The van der Waals surface area contributed by atoms with Crippen molar-refractivity contribution in [3.63, 3.8) is 0 Å². The van der Waals surface area contributed by atoms with Crippen molar-refractivity contribution in [3.05, 3.63) is 23.8 Å². The summed E-state index contributed by atoms with van der Waals surface area (Å²) < 4.78 is 37.4. The molecule has 0 radical (unpaired) electrons. The van der Waals surface area contributed by atoms with Crippen LogP contribution >= 0.6 is 0 Å². The van der Waals surface area contributed by atoms with E-state index in [0.717, 1.165) is 12.1 Å². The van der Waals surface area contributed by atoms with Crippen LogP contribution in [0.5, 0.6) is 0 Å². The first-order valence-electron chi connectivity index (χ1n) is 4.74. The highest BCUT2D eigenvalue weighted by molar-refractivity contribution is 5.77. The summed E-state index contributed by atoms with van der Waals surface area (Å²) >= 11 is 0. The van der Waals surface area contributed by atoms with E-state index in [9.17, 15) is 13.2 Å². The topological polar surface area (TPSA) is 41.3 Å². The largest absolute Gasteiger partial charge is 0.416 e. The molecule has 3 nitrogen and oxygen atoms in total. The molecular formula is C10H12F3N3. The van der Waals surface area contributed by atoms with Crippen molar-refractivity contribution in [3.8, 4) is 0 Å². The van der Waals surface area contributed by atoms with Gasteiger partial charge in [-0.3, -0.25) is 5.73 Å². The molecule has 0 amide bonds. The highest BCUT2D eigenvalue weighted by Crippen LogP contribution is 2.40. The fourth-order valence-corrected chi connectivity index (χ4v) is 1.71. The van der Waals surface area contributed by atoms with E-state index in [1.165, 1.54) is 6.07 Å². The van der Waals surface area contributed by atoms with Crippen molar-refractivity contribution in [2.45, 2.75) is 18.9 Å². The summed E-state index contributed by atoms with van der Waals surface area (Å²) in [6.07, 6.45) is -4.33. The lowest BCUT2D eigenvalue weighted by atomic mass is 10.1. The van der Waals surface area contributed by atoms with Gasteiger partial charge in [0, 0.05) is 7.05 Å². The normalized spacial score (nSPS) is 24.2. The maximum Gasteiger partial charge on any atom is 0.416 e. The number of hydrogen-bond acceptors (Lipinski definition) is 3. The molecular weight excluding hydrogens is 219 g/mol. The Morgan fingerprint density at radius 1 is 1.38 bits per heavy atom. The van der Waals surface area contributed by atoms with E-state index < -0.39 is 17.5 Å². The Bertz CT molecular complexity index is 426. The van der Waals surface area contributed by atoms with Crippen molar-refractivity contribution in [1.29, 1.82) is 0 Å². The van der Waals surface area contributed by atoms with Crippen LogP contribution in [0.1, 0.15) is 12.5 Å². The number of nitrogens with zero attached hydrogens (tertiary/aromatic N) is 1. The van der Waals surface area contributed by atoms with Crippen molar-refractivity contribution < 1.29 is 13.2 Å². The molecule has 6 heteroatoms. The number of alkyl halides is 3. The smallest absolute Gasteiger partial charge is 0.349 e. The van der Waals surface area contributed by atoms with E-state index in [2.05, 4.69) is 5.32 Å². The third-order valence-electron chi connectivity index (χ3n) is 2.77. The molecule has 1 aliphatic heterocycles. The summed E-state index contributed by atoms with van der Waals surface area (Å²) in [5.74, 6) is -0.855. The van der Waals surface area contributed by atoms with Gasteiger partial charge in [-0.15, -0.1) is 0 Å². The molecule has 1 heterocycles. The summed E-state index contributed by atoms with van der Waals surface area (Å²) in [6.45, 7) is 1.69. The molecule has 0 aliphatic carbocycles. The van der Waals surface area contributed by atoms with Crippen molar-refractivity contribution in [1.82, 2.24) is 0 Å². The van der Waals surface area contributed by atoms with Crippen molar-refractivity contribution >= 4 is 11.4 Å². The Morgan fingerprint density at radius 3 is 2.56 bits per heavy atom. The molecule has 1 unspecified atom stereocenters. The molecule has 1 atom stereocenters. The highest BCUT2D eigenvalue weighted by atomic mass is 19.4. The van der Waals surface area contributed by atoms with Crippen LogP contribution in [0.15, 0.2) is 18.2 Å². The van der Waals surface area contributed by atoms with E-state index in [1.807, 2.05) is 0 Å². The van der Waals surface area contributed by atoms with Crippen LogP contribution in [0.25, 0.3) is 0 Å². The number of anilines is 2. The molecule has 0 fully saturated rings. The van der Waals surface area contributed by atoms with Gasteiger partial charge < -0.3 is 10.2 Å². The van der Waals surface area contributed by atoms with Crippen LogP contribution in [-0.2, 0) is 6.18 Å². The quantitative estimate of drug-likeness (QED) is 0.719. The molecule has 88 valence electrons. The van der Waals surface area contributed by atoms with Crippen LogP contribution in [0.2, 0.25) is 0 Å². The molecule has 16 heavy (non-hydrogen) atoms. The third kappa shape index (κ3) is 1.59. The zero-order valence-corrected chi connectivity index (χ0v) is 8.89. The van der Waals surface area contributed by atoms with E-state index in [0.29, 0.717) is 11.4 Å². The fourth-order valence-electron chi connectivity index (χ4n) is 1.71. The van der Waals surface area contributed by atoms with Crippen molar-refractivity contribution in [2.75, 3.05) is 17.3 Å². The standard InChI is InChI=1S/C10H12F3N3/c1-9(14)15-7-5-6(10(11,12)13)3-4-8(7)16(9)2/h3-5,15H,14H2,1-2H3. The molecule has 1 aromatic carbocycles. The Hall–Kier alpha value is -1.43. The van der Waals surface area contributed by atoms with Crippen LogP contribution in [0, 0.1) is 0 Å². The number of fused-ring (bicyclic) bond motifs is 1. The number of nitrogens with one attached hydrogen (secondary N) is 1. The molecule has 0 saturated heterocycles. The Balaban J connectivity index is 2.45. The van der Waals surface area contributed by atoms with Gasteiger partial charge in [0.2, 0.25) is 0 Å². The minimum absolute atomic E-state index is 0.405. The van der Waals surface area contributed by atoms with Gasteiger partial charge in [0.1, 0.15) is 0 Å². The van der Waals surface area contributed by atoms with Gasteiger partial charge in [-0.05, 0) is 25.1 Å². The first kappa shape index (κ1) is 11.1. The molecule has 2 rings (SSSR count). The lowest BCUT2D eigenvalue weighted by Crippen LogP contribution is -2.54. The highest BCUT2D eigenvalue weighted by Gasteiger charge is 2.36. The first-order chi connectivity index (χ1) is 7.22. The van der Waals surface area contributed by atoms with E-state index in [1.54, 1.807) is 18.9 Å². The predicted octanol–water partition coefficient (Wildman–Crippen LogP) is 2.20. The second kappa shape index (κ2) is 3.04. The first-order valence-corrected chi connectivity index (χ1v) is 4.74. The van der Waals surface area contributed by atoms with Crippen LogP contribution in [-0.4, -0.2) is 12.8 Å². The number of rotatable bonds is 0. The second-order valence-corrected chi connectivity index (χ2v) is 4.06. The monoisotopic (exact) mass is 231 g/mol. The number of nitrogens with two attached hydrogens (primary N) is 1. The van der Waals surface area contributed by atoms with Gasteiger partial charge in [-0.2, -0.15) is 13.2 Å². The number of hydrogen-bond donors (Lipinski definition) is 2. The fraction of sp³-hybridized carbons (Fsp3) is 0.400. The van der Waals surface area contributed by atoms with Crippen LogP contribution < -0.4 is 16.0 Å². The molecule has 0 bridgehead atoms. The predicted molar refractivity (Wildman–Crippen MR) is 56.1 cm³/mol. The van der Waals surface area contributed by atoms with Crippen LogP contribution in [0.4, 0.5) is 24.5 Å². The third-order valence-corrected chi connectivity index (χ3v) is 2.77. The zero-order valence-electron chi connectivity index (χ0n) is 8.89. The van der Waals surface area contributed by atoms with Gasteiger partial charge in [0.05, 0.1) is 16.9 Å². The van der Waals surface area contributed by atoms with Gasteiger partial charge in [-0.25, -0.2) is 0 Å². The van der Waals surface area contributed by atoms with E-state index in [4.69, 9.17) is 5.73 Å². The van der Waals surface area contributed by atoms with Gasteiger partial charge in [-0.1, -0.05) is 0 Å². The van der Waals surface area contributed by atoms with E-state index >= 15 is 0 Å². The van der Waals surface area contributed by atoms with Gasteiger partial charge in [0.15, 0.2) is 5.79 Å². The minimum Gasteiger partial charge on any atom is -0.349 e. The molecule has 0 saturated carbocycles. The Labute approximate surface area is 91.0 Å². The average molecular weight is 231 g/mol. The summed E-state index contributed by atoms with van der Waals surface area (Å²) in [5.41, 5.74) is 6.26. The molecule has 1 aliphatic rings. The summed E-state index contributed by atoms with van der Waals surface area (Å²) in [4.78, 5) is 1.70. The van der Waals surface area contributed by atoms with Gasteiger partial charge >= 0.3 is 6.18 Å². The molecule has 1 aromatic rings. The number of halogens is 3. The zero-order chi connectivity index (χ0) is 12.1. The molecule has 0 spiro atoms. The van der Waals surface area contributed by atoms with Crippen molar-refractivity contribution in [2.24, 2.45) is 5.73 Å². The van der Waals surface area contributed by atoms with Gasteiger partial charge in [0.25, 0.3) is 0 Å².